The molecule has 2 aromatic heterocycles. The summed E-state index contributed by atoms with van der Waals surface area (Å²) in [5, 5.41) is 12.5. The van der Waals surface area contributed by atoms with Crippen LogP contribution in [-0.2, 0) is 21.8 Å². The Morgan fingerprint density at radius 1 is 0.898 bits per heavy atom. The molecule has 0 bridgehead atoms. The van der Waals surface area contributed by atoms with Crippen molar-refractivity contribution >= 4 is 11.4 Å². The highest BCUT2D eigenvalue weighted by atomic mass is 19.1. The standard InChI is InChI=1S/C35H38F2N8O4/c1-3-25(2)43-24-40-45(34(43)46)29-7-5-27(6-8-29)41-16-18-42(19-17-41)28-9-11-30(12-10-28)47-21-31-22-48-35(49-31,23-44-38-14-15-39-44)32-13-4-26(36)20-33(32)37/h4-15,20,24-25,31H,3,16-19,21-23H2,1-2H3/t25?,31-,35-/m1/s1. The minimum absolute atomic E-state index is 0.0155. The number of anilines is 2. The Morgan fingerprint density at radius 2 is 1.53 bits per heavy atom. The molecule has 2 aliphatic rings. The normalized spacial score (nSPS) is 20.1. The molecule has 2 fully saturated rings. The second-order valence-corrected chi connectivity index (χ2v) is 12.3. The van der Waals surface area contributed by atoms with Crippen LogP contribution in [0.2, 0.25) is 0 Å². The first-order chi connectivity index (χ1) is 23.8. The summed E-state index contributed by atoms with van der Waals surface area (Å²) in [5.41, 5.74) is 2.88. The van der Waals surface area contributed by atoms with Crippen LogP contribution in [0.3, 0.4) is 0 Å². The molecule has 2 aliphatic heterocycles. The molecular weight excluding hydrogens is 634 g/mol. The molecule has 5 aromatic rings. The van der Waals surface area contributed by atoms with E-state index < -0.39 is 23.5 Å². The van der Waals surface area contributed by atoms with Crippen LogP contribution < -0.4 is 20.2 Å². The topological polar surface area (TPSA) is 105 Å². The molecule has 0 spiro atoms. The van der Waals surface area contributed by atoms with Crippen LogP contribution in [0, 0.1) is 11.6 Å². The van der Waals surface area contributed by atoms with Crippen LogP contribution in [0.15, 0.2) is 90.2 Å². The van der Waals surface area contributed by atoms with Gasteiger partial charge in [0.05, 0.1) is 24.7 Å². The zero-order chi connectivity index (χ0) is 34.0. The number of rotatable bonds is 11. The van der Waals surface area contributed by atoms with Gasteiger partial charge in [-0.25, -0.2) is 13.6 Å². The fraction of sp³-hybridized carbons (Fsp3) is 0.371. The molecule has 12 nitrogen and oxygen atoms in total. The Balaban J connectivity index is 0.925. The molecule has 2 saturated heterocycles. The summed E-state index contributed by atoms with van der Waals surface area (Å²) in [4.78, 5) is 18.8. The van der Waals surface area contributed by atoms with E-state index >= 15 is 0 Å². The monoisotopic (exact) mass is 672 g/mol. The molecule has 4 heterocycles. The fourth-order valence-corrected chi connectivity index (χ4v) is 6.23. The number of halogens is 2. The van der Waals surface area contributed by atoms with Gasteiger partial charge in [0.15, 0.2) is 0 Å². The molecule has 49 heavy (non-hydrogen) atoms. The number of piperazine rings is 1. The first-order valence-corrected chi connectivity index (χ1v) is 16.4. The van der Waals surface area contributed by atoms with Crippen molar-refractivity contribution in [1.82, 2.24) is 29.3 Å². The molecule has 0 N–H and O–H groups in total. The van der Waals surface area contributed by atoms with Gasteiger partial charge in [0.25, 0.3) is 0 Å². The molecule has 0 radical (unpaired) electrons. The van der Waals surface area contributed by atoms with Crippen molar-refractivity contribution < 1.29 is 23.0 Å². The zero-order valence-electron chi connectivity index (χ0n) is 27.4. The van der Waals surface area contributed by atoms with E-state index in [4.69, 9.17) is 14.2 Å². The van der Waals surface area contributed by atoms with E-state index in [1.807, 2.05) is 62.4 Å². The van der Waals surface area contributed by atoms with Crippen molar-refractivity contribution in [2.24, 2.45) is 0 Å². The molecule has 3 atom stereocenters. The van der Waals surface area contributed by atoms with Crippen molar-refractivity contribution in [2.45, 2.75) is 44.7 Å². The zero-order valence-corrected chi connectivity index (χ0v) is 27.4. The van der Waals surface area contributed by atoms with Gasteiger partial charge in [0.1, 0.15) is 43.0 Å². The highest BCUT2D eigenvalue weighted by molar-refractivity contribution is 5.54. The molecule has 0 saturated carbocycles. The third-order valence-corrected chi connectivity index (χ3v) is 9.15. The first kappa shape index (κ1) is 32.5. The second kappa shape index (κ2) is 13.8. The Bertz CT molecular complexity index is 1910. The highest BCUT2D eigenvalue weighted by Crippen LogP contribution is 2.38. The molecule has 0 aliphatic carbocycles. The van der Waals surface area contributed by atoms with Crippen molar-refractivity contribution in [3.05, 3.63) is 113 Å². The van der Waals surface area contributed by atoms with Gasteiger partial charge >= 0.3 is 5.69 Å². The van der Waals surface area contributed by atoms with Crippen LogP contribution in [0.5, 0.6) is 5.75 Å². The van der Waals surface area contributed by atoms with Gasteiger partial charge in [-0.3, -0.25) is 4.57 Å². The lowest BCUT2D eigenvalue weighted by molar-refractivity contribution is -0.194. The lowest BCUT2D eigenvalue weighted by Crippen LogP contribution is -2.46. The molecule has 1 unspecified atom stereocenters. The maximum Gasteiger partial charge on any atom is 0.350 e. The third-order valence-electron chi connectivity index (χ3n) is 9.15. The smallest absolute Gasteiger partial charge is 0.350 e. The summed E-state index contributed by atoms with van der Waals surface area (Å²) >= 11 is 0. The third kappa shape index (κ3) is 6.78. The lowest BCUT2D eigenvalue weighted by Gasteiger charge is -2.37. The number of hydrogen-bond donors (Lipinski definition) is 0. The minimum atomic E-state index is -1.53. The minimum Gasteiger partial charge on any atom is -0.491 e. The van der Waals surface area contributed by atoms with Gasteiger partial charge in [-0.15, -0.1) is 0 Å². The van der Waals surface area contributed by atoms with E-state index in [2.05, 4.69) is 25.1 Å². The van der Waals surface area contributed by atoms with Crippen molar-refractivity contribution in [2.75, 3.05) is 49.2 Å². The number of hydrogen-bond acceptors (Lipinski definition) is 9. The number of aromatic nitrogens is 6. The van der Waals surface area contributed by atoms with Gasteiger partial charge in [-0.05, 0) is 74.0 Å². The van der Waals surface area contributed by atoms with E-state index in [0.29, 0.717) is 5.75 Å². The summed E-state index contributed by atoms with van der Waals surface area (Å²) in [6, 6.07) is 19.3. The Hall–Kier alpha value is -5.08. The fourth-order valence-electron chi connectivity index (χ4n) is 6.23. The Labute approximate surface area is 282 Å². The average Bonchev–Trinajstić information content (AvgIpc) is 3.88. The van der Waals surface area contributed by atoms with Crippen LogP contribution >= 0.6 is 0 Å². The molecule has 0 amide bonds. The maximum atomic E-state index is 14.9. The Morgan fingerprint density at radius 3 is 2.16 bits per heavy atom. The van der Waals surface area contributed by atoms with Gasteiger partial charge in [-0.2, -0.15) is 24.8 Å². The van der Waals surface area contributed by atoms with Gasteiger partial charge in [0, 0.05) is 55.2 Å². The number of benzene rings is 3. The lowest BCUT2D eigenvalue weighted by atomic mass is 10.0. The predicted molar refractivity (Wildman–Crippen MR) is 178 cm³/mol. The van der Waals surface area contributed by atoms with Crippen molar-refractivity contribution in [1.29, 1.82) is 0 Å². The number of ether oxygens (including phenoxy) is 3. The van der Waals surface area contributed by atoms with Gasteiger partial charge in [-0.1, -0.05) is 6.92 Å². The van der Waals surface area contributed by atoms with Crippen molar-refractivity contribution in [3.63, 3.8) is 0 Å². The summed E-state index contributed by atoms with van der Waals surface area (Å²) in [5.74, 6) is -2.33. The first-order valence-electron chi connectivity index (χ1n) is 16.4. The molecule has 256 valence electrons. The largest absolute Gasteiger partial charge is 0.491 e. The summed E-state index contributed by atoms with van der Waals surface area (Å²) < 4.78 is 49.9. The Kier molecular flexibility index (Phi) is 9.15. The van der Waals surface area contributed by atoms with Gasteiger partial charge in [0.2, 0.25) is 5.79 Å². The van der Waals surface area contributed by atoms with Crippen LogP contribution in [-0.4, -0.2) is 74.8 Å². The summed E-state index contributed by atoms with van der Waals surface area (Å²) in [7, 11) is 0. The van der Waals surface area contributed by atoms with E-state index in [1.165, 1.54) is 34.0 Å². The van der Waals surface area contributed by atoms with E-state index in [9.17, 15) is 13.6 Å². The molecular formula is C35H38F2N8O4. The summed E-state index contributed by atoms with van der Waals surface area (Å²) in [6.07, 6.45) is 4.96. The van der Waals surface area contributed by atoms with E-state index in [-0.39, 0.29) is 37.1 Å². The van der Waals surface area contributed by atoms with E-state index in [1.54, 1.807) is 10.9 Å². The van der Waals surface area contributed by atoms with Crippen LogP contribution in [0.25, 0.3) is 5.69 Å². The highest BCUT2D eigenvalue weighted by Gasteiger charge is 2.46. The quantitative estimate of drug-likeness (QED) is 0.200. The molecule has 14 heteroatoms. The van der Waals surface area contributed by atoms with Crippen LogP contribution in [0.4, 0.5) is 20.2 Å². The summed E-state index contributed by atoms with van der Waals surface area (Å²) in [6.45, 7) is 7.76. The van der Waals surface area contributed by atoms with Gasteiger partial charge < -0.3 is 24.0 Å². The number of nitrogens with zero attached hydrogens (tertiary/aromatic N) is 8. The maximum absolute atomic E-state index is 14.9. The second-order valence-electron chi connectivity index (χ2n) is 12.3. The average molecular weight is 673 g/mol. The van der Waals surface area contributed by atoms with Crippen LogP contribution in [0.1, 0.15) is 31.9 Å². The SMILES string of the molecule is CCC(C)n1cnn(-c2ccc(N3CCN(c4ccc(OC[C@@H]5CO[C@@](Cn6nccn6)(c6ccc(F)cc6F)O5)cc4)CC3)cc2)c1=O. The molecule has 3 aromatic carbocycles. The molecule has 7 rings (SSSR count). The van der Waals surface area contributed by atoms with Crippen molar-refractivity contribution in [3.8, 4) is 11.4 Å². The van der Waals surface area contributed by atoms with E-state index in [0.717, 1.165) is 55.7 Å². The predicted octanol–water partition coefficient (Wildman–Crippen LogP) is 4.55.